The van der Waals surface area contributed by atoms with Gasteiger partial charge in [-0.3, -0.25) is 9.59 Å². The van der Waals surface area contributed by atoms with Crippen LogP contribution in [0.3, 0.4) is 0 Å². The average molecular weight is 330 g/mol. The maximum absolute atomic E-state index is 12.6. The second kappa shape index (κ2) is 8.81. The highest BCUT2D eigenvalue weighted by atomic mass is 16.5. The molecule has 3 heteroatoms. The van der Waals surface area contributed by atoms with Crippen LogP contribution < -0.4 is 0 Å². The van der Waals surface area contributed by atoms with E-state index in [-0.39, 0.29) is 12.1 Å². The van der Waals surface area contributed by atoms with Gasteiger partial charge >= 0.3 is 5.97 Å². The van der Waals surface area contributed by atoms with Crippen LogP contribution in [0.4, 0.5) is 0 Å². The maximum atomic E-state index is 12.6. The fraction of sp³-hybridized carbons (Fsp3) is 0.524. The van der Waals surface area contributed by atoms with Crippen LogP contribution >= 0.6 is 0 Å². The number of hydrogen-bond donors (Lipinski definition) is 0. The Morgan fingerprint density at radius 3 is 2.46 bits per heavy atom. The van der Waals surface area contributed by atoms with E-state index in [1.807, 2.05) is 34.6 Å². The topological polar surface area (TPSA) is 43.4 Å². The molecule has 132 valence electrons. The number of aryl methyl sites for hydroxylation is 2. The minimum atomic E-state index is -0.496. The third-order valence-electron chi connectivity index (χ3n) is 4.49. The van der Waals surface area contributed by atoms with Gasteiger partial charge in [-0.1, -0.05) is 44.0 Å². The molecule has 1 unspecified atom stereocenters. The summed E-state index contributed by atoms with van der Waals surface area (Å²) >= 11 is 0. The van der Waals surface area contributed by atoms with Crippen LogP contribution in [0.5, 0.6) is 0 Å². The quantitative estimate of drug-likeness (QED) is 0.367. The largest absolute Gasteiger partial charge is 0.457 e. The zero-order valence-corrected chi connectivity index (χ0v) is 15.8. The van der Waals surface area contributed by atoms with E-state index in [2.05, 4.69) is 19.1 Å². The molecule has 0 fully saturated rings. The lowest BCUT2D eigenvalue weighted by molar-refractivity contribution is -0.160. The first-order valence-electron chi connectivity index (χ1n) is 8.70. The summed E-state index contributed by atoms with van der Waals surface area (Å²) in [5.41, 5.74) is 3.65. The van der Waals surface area contributed by atoms with E-state index in [0.717, 1.165) is 47.8 Å². The molecule has 24 heavy (non-hydrogen) atoms. The van der Waals surface area contributed by atoms with E-state index in [4.69, 9.17) is 4.74 Å². The molecule has 0 radical (unpaired) electrons. The van der Waals surface area contributed by atoms with Crippen molar-refractivity contribution < 1.29 is 14.3 Å². The molecule has 1 aromatic rings. The third-order valence-corrected chi connectivity index (χ3v) is 4.49. The smallest absolute Gasteiger partial charge is 0.312 e. The standard InChI is InChI=1S/C21H30O3/c1-7-10-19(24-20(23)21(5,6)8-2)18-14-15(3)13-16(4)17(18)11-9-12-22/h9,11-14,19H,7-8,10H2,1-6H3/b11-9+. The summed E-state index contributed by atoms with van der Waals surface area (Å²) in [5, 5.41) is 0. The molecule has 0 bridgehead atoms. The van der Waals surface area contributed by atoms with E-state index in [1.165, 1.54) is 6.08 Å². The van der Waals surface area contributed by atoms with Gasteiger partial charge in [0.1, 0.15) is 12.4 Å². The van der Waals surface area contributed by atoms with E-state index in [1.54, 1.807) is 6.08 Å². The molecule has 0 aromatic heterocycles. The molecule has 0 N–H and O–H groups in total. The molecule has 0 aliphatic heterocycles. The Morgan fingerprint density at radius 2 is 1.92 bits per heavy atom. The van der Waals surface area contributed by atoms with Crippen molar-refractivity contribution >= 4 is 18.3 Å². The Kier molecular flexibility index (Phi) is 7.40. The van der Waals surface area contributed by atoms with Gasteiger partial charge in [0.15, 0.2) is 0 Å². The van der Waals surface area contributed by atoms with Crippen LogP contribution in [0.2, 0.25) is 0 Å². The van der Waals surface area contributed by atoms with Crippen LogP contribution in [0.15, 0.2) is 18.2 Å². The zero-order valence-electron chi connectivity index (χ0n) is 15.8. The predicted molar refractivity (Wildman–Crippen MR) is 98.8 cm³/mol. The van der Waals surface area contributed by atoms with Gasteiger partial charge in [0.25, 0.3) is 0 Å². The van der Waals surface area contributed by atoms with Gasteiger partial charge in [0, 0.05) is 5.56 Å². The SMILES string of the molecule is CCCC(OC(=O)C(C)(C)CC)c1cc(C)cc(C)c1/C=C/C=O. The minimum Gasteiger partial charge on any atom is -0.457 e. The number of aldehydes is 1. The summed E-state index contributed by atoms with van der Waals surface area (Å²) in [6.07, 6.45) is 6.17. The third kappa shape index (κ3) is 5.05. The summed E-state index contributed by atoms with van der Waals surface area (Å²) in [4.78, 5) is 23.3. The second-order valence-electron chi connectivity index (χ2n) is 7.00. The van der Waals surface area contributed by atoms with Crippen LogP contribution in [0.1, 0.15) is 75.3 Å². The van der Waals surface area contributed by atoms with Crippen molar-refractivity contribution in [3.05, 3.63) is 40.5 Å². The summed E-state index contributed by atoms with van der Waals surface area (Å²) in [6.45, 7) is 11.9. The number of rotatable bonds is 8. The number of ether oxygens (including phenoxy) is 1. The highest BCUT2D eigenvalue weighted by molar-refractivity contribution is 5.77. The molecule has 0 saturated heterocycles. The van der Waals surface area contributed by atoms with Crippen molar-refractivity contribution in [3.8, 4) is 0 Å². The van der Waals surface area contributed by atoms with Crippen molar-refractivity contribution in [2.75, 3.05) is 0 Å². The number of benzene rings is 1. The van der Waals surface area contributed by atoms with Gasteiger partial charge in [-0.05, 0) is 57.7 Å². The lowest BCUT2D eigenvalue weighted by Crippen LogP contribution is -2.27. The fourth-order valence-corrected chi connectivity index (χ4v) is 2.61. The Labute approximate surface area is 146 Å². The lowest BCUT2D eigenvalue weighted by atomic mass is 9.89. The van der Waals surface area contributed by atoms with Crippen molar-refractivity contribution in [2.24, 2.45) is 5.41 Å². The second-order valence-corrected chi connectivity index (χ2v) is 7.00. The maximum Gasteiger partial charge on any atom is 0.312 e. The Morgan fingerprint density at radius 1 is 1.25 bits per heavy atom. The van der Waals surface area contributed by atoms with Crippen LogP contribution in [-0.2, 0) is 14.3 Å². The summed E-state index contributed by atoms with van der Waals surface area (Å²) in [7, 11) is 0. The highest BCUT2D eigenvalue weighted by Gasteiger charge is 2.30. The lowest BCUT2D eigenvalue weighted by Gasteiger charge is -2.27. The van der Waals surface area contributed by atoms with Gasteiger partial charge in [-0.15, -0.1) is 0 Å². The Balaban J connectivity index is 3.31. The number of carbonyl (C=O) groups excluding carboxylic acids is 2. The number of esters is 1. The van der Waals surface area contributed by atoms with Crippen molar-refractivity contribution in [3.63, 3.8) is 0 Å². The summed E-state index contributed by atoms with van der Waals surface area (Å²) < 4.78 is 5.90. The zero-order chi connectivity index (χ0) is 18.3. The minimum absolute atomic E-state index is 0.173. The molecule has 1 atom stereocenters. The van der Waals surface area contributed by atoms with Crippen LogP contribution in [0.25, 0.3) is 6.08 Å². The molecule has 0 aliphatic carbocycles. The Bertz CT molecular complexity index is 612. The summed E-state index contributed by atoms with van der Waals surface area (Å²) in [5.74, 6) is -0.173. The molecule has 0 amide bonds. The van der Waals surface area contributed by atoms with E-state index in [0.29, 0.717) is 0 Å². The van der Waals surface area contributed by atoms with Gasteiger partial charge in [-0.2, -0.15) is 0 Å². The van der Waals surface area contributed by atoms with Crippen LogP contribution in [-0.4, -0.2) is 12.3 Å². The molecule has 0 saturated carbocycles. The first kappa shape index (κ1) is 20.1. The molecule has 0 aliphatic rings. The predicted octanol–water partition coefficient (Wildman–Crippen LogP) is 5.34. The fourth-order valence-electron chi connectivity index (χ4n) is 2.61. The van der Waals surface area contributed by atoms with Crippen molar-refractivity contribution in [2.45, 2.75) is 66.9 Å². The Hall–Kier alpha value is -1.90. The first-order chi connectivity index (χ1) is 11.3. The normalized spacial score (nSPS) is 13.1. The molecular formula is C21H30O3. The van der Waals surface area contributed by atoms with Gasteiger partial charge < -0.3 is 4.74 Å². The number of carbonyl (C=O) groups is 2. The van der Waals surface area contributed by atoms with Crippen LogP contribution in [0, 0.1) is 19.3 Å². The van der Waals surface area contributed by atoms with E-state index >= 15 is 0 Å². The molecule has 0 spiro atoms. The van der Waals surface area contributed by atoms with Crippen molar-refractivity contribution in [1.82, 2.24) is 0 Å². The monoisotopic (exact) mass is 330 g/mol. The highest BCUT2D eigenvalue weighted by Crippen LogP contribution is 2.33. The molecular weight excluding hydrogens is 300 g/mol. The molecule has 1 rings (SSSR count). The van der Waals surface area contributed by atoms with E-state index in [9.17, 15) is 9.59 Å². The van der Waals surface area contributed by atoms with Gasteiger partial charge in [0.2, 0.25) is 0 Å². The summed E-state index contributed by atoms with van der Waals surface area (Å²) in [6, 6.07) is 4.14. The first-order valence-corrected chi connectivity index (χ1v) is 8.70. The number of hydrogen-bond acceptors (Lipinski definition) is 3. The molecule has 0 heterocycles. The number of allylic oxidation sites excluding steroid dienone is 1. The van der Waals surface area contributed by atoms with Gasteiger partial charge in [0.05, 0.1) is 5.41 Å². The van der Waals surface area contributed by atoms with E-state index < -0.39 is 5.41 Å². The van der Waals surface area contributed by atoms with Gasteiger partial charge in [-0.25, -0.2) is 0 Å². The van der Waals surface area contributed by atoms with Crippen molar-refractivity contribution in [1.29, 1.82) is 0 Å². The molecule has 1 aromatic carbocycles. The average Bonchev–Trinajstić information content (AvgIpc) is 2.52. The molecule has 3 nitrogen and oxygen atoms in total.